The second kappa shape index (κ2) is 8.73. The molecular weight excluding hydrogens is 345 g/mol. The Kier molecular flexibility index (Phi) is 6.65. The molecule has 0 amide bonds. The van der Waals surface area contributed by atoms with Crippen LogP contribution in [-0.2, 0) is 4.79 Å². The molecule has 0 bridgehead atoms. The van der Waals surface area contributed by atoms with Gasteiger partial charge in [0.25, 0.3) is 5.69 Å². The smallest absolute Gasteiger partial charge is 0.284 e. The lowest BCUT2D eigenvalue weighted by atomic mass is 9.88. The summed E-state index contributed by atoms with van der Waals surface area (Å²) in [6.07, 6.45) is 0.780. The number of nitrogens with zero attached hydrogens (tertiary/aromatic N) is 1. The first kappa shape index (κ1) is 19.8. The van der Waals surface area contributed by atoms with Gasteiger partial charge in [0.15, 0.2) is 17.3 Å². The number of alkyl halides is 1. The molecule has 1 aromatic rings. The molecule has 0 radical (unpaired) electrons. The van der Waals surface area contributed by atoms with E-state index in [9.17, 15) is 24.1 Å². The summed E-state index contributed by atoms with van der Waals surface area (Å²) < 4.78 is 24.4. The fraction of sp³-hybridized carbons (Fsp3) is 0.556. The maximum absolute atomic E-state index is 13.6. The number of halogens is 1. The number of rotatable bonds is 9. The van der Waals surface area contributed by atoms with Crippen molar-refractivity contribution in [1.29, 1.82) is 0 Å². The maximum Gasteiger partial charge on any atom is 0.284 e. The number of hydrogen-bond acceptors (Lipinski definition) is 6. The van der Waals surface area contributed by atoms with Crippen LogP contribution in [0, 0.1) is 22.0 Å². The van der Waals surface area contributed by atoms with Crippen LogP contribution in [0.5, 0.6) is 11.5 Å². The highest BCUT2D eigenvalue weighted by molar-refractivity contribution is 6.03. The van der Waals surface area contributed by atoms with E-state index in [0.29, 0.717) is 12.9 Å². The van der Waals surface area contributed by atoms with E-state index in [1.807, 2.05) is 6.92 Å². The van der Waals surface area contributed by atoms with Crippen molar-refractivity contribution in [1.82, 2.24) is 0 Å². The zero-order chi connectivity index (χ0) is 19.3. The van der Waals surface area contributed by atoms with Gasteiger partial charge >= 0.3 is 0 Å². The molecule has 1 saturated carbocycles. The zero-order valence-corrected chi connectivity index (χ0v) is 14.8. The number of Topliss-reactive ketones (excluding diaryl/α,β-unsaturated/α-hetero) is 1. The summed E-state index contributed by atoms with van der Waals surface area (Å²) in [5.41, 5.74) is -0.630. The number of unbranched alkanes of at least 4 members (excludes halogenated alkanes) is 1. The maximum atomic E-state index is 13.6. The van der Waals surface area contributed by atoms with Crippen LogP contribution in [0.15, 0.2) is 12.1 Å². The quantitative estimate of drug-likeness (QED) is 0.218. The Hall–Kier alpha value is -2.51. The van der Waals surface area contributed by atoms with Crippen molar-refractivity contribution in [2.75, 3.05) is 13.7 Å². The molecule has 3 atom stereocenters. The number of methoxy groups -OCH3 is 1. The van der Waals surface area contributed by atoms with E-state index in [-0.39, 0.29) is 29.9 Å². The van der Waals surface area contributed by atoms with Gasteiger partial charge in [0.2, 0.25) is 0 Å². The third-order valence-corrected chi connectivity index (χ3v) is 4.57. The number of aldehydes is 1. The lowest BCUT2D eigenvalue weighted by Crippen LogP contribution is -2.21. The Labute approximate surface area is 150 Å². The largest absolute Gasteiger partial charge is 0.493 e. The number of nitro groups is 1. The van der Waals surface area contributed by atoms with Crippen LogP contribution in [0.2, 0.25) is 0 Å². The Morgan fingerprint density at radius 2 is 2.12 bits per heavy atom. The van der Waals surface area contributed by atoms with Crippen molar-refractivity contribution >= 4 is 17.8 Å². The van der Waals surface area contributed by atoms with Crippen molar-refractivity contribution < 1.29 is 28.4 Å². The summed E-state index contributed by atoms with van der Waals surface area (Å²) >= 11 is 0. The van der Waals surface area contributed by atoms with Crippen LogP contribution in [0.25, 0.3) is 0 Å². The minimum atomic E-state index is -1.27. The van der Waals surface area contributed by atoms with E-state index >= 15 is 0 Å². The zero-order valence-electron chi connectivity index (χ0n) is 14.8. The third-order valence-electron chi connectivity index (χ3n) is 4.57. The molecule has 2 rings (SSSR count). The van der Waals surface area contributed by atoms with Crippen LogP contribution in [0.4, 0.5) is 10.1 Å². The Bertz CT molecular complexity index is 693. The predicted octanol–water partition coefficient (Wildman–Crippen LogP) is 3.53. The van der Waals surface area contributed by atoms with Crippen LogP contribution in [-0.4, -0.2) is 36.9 Å². The number of carbonyl (C=O) groups is 2. The van der Waals surface area contributed by atoms with Gasteiger partial charge in [0.05, 0.1) is 30.3 Å². The van der Waals surface area contributed by atoms with E-state index in [1.54, 1.807) is 0 Å². The number of nitro benzene ring substituents is 1. The standard InChI is InChI=1S/C18H22FNO6/c1-3-4-5-26-17-9-15(20(23)24)14(8-16(17)25-2)18(22)13-7-12(19)6-11(13)10-21/h8-13H,3-7H2,1-2H3/t11-,12?,13?/m0/s1. The van der Waals surface area contributed by atoms with Crippen LogP contribution < -0.4 is 9.47 Å². The van der Waals surface area contributed by atoms with Gasteiger partial charge in [-0.15, -0.1) is 0 Å². The molecule has 0 aromatic heterocycles. The molecule has 0 N–H and O–H groups in total. The monoisotopic (exact) mass is 367 g/mol. The summed E-state index contributed by atoms with van der Waals surface area (Å²) in [7, 11) is 1.36. The molecule has 0 heterocycles. The second-order valence-corrected chi connectivity index (χ2v) is 6.32. The number of benzene rings is 1. The Morgan fingerprint density at radius 1 is 1.38 bits per heavy atom. The van der Waals surface area contributed by atoms with Crippen molar-refractivity contribution in [3.05, 3.63) is 27.8 Å². The number of carbonyl (C=O) groups excluding carboxylic acids is 2. The summed E-state index contributed by atoms with van der Waals surface area (Å²) in [5.74, 6) is -1.94. The molecule has 1 aliphatic rings. The van der Waals surface area contributed by atoms with Crippen molar-refractivity contribution in [2.45, 2.75) is 38.8 Å². The molecule has 0 aliphatic heterocycles. The number of ether oxygens (including phenoxy) is 2. The van der Waals surface area contributed by atoms with Gasteiger partial charge < -0.3 is 14.3 Å². The van der Waals surface area contributed by atoms with Gasteiger partial charge in [0, 0.05) is 17.9 Å². The summed E-state index contributed by atoms with van der Waals surface area (Å²) in [6.45, 7) is 2.34. The minimum Gasteiger partial charge on any atom is -0.493 e. The van der Waals surface area contributed by atoms with Crippen molar-refractivity contribution in [2.24, 2.45) is 11.8 Å². The van der Waals surface area contributed by atoms with Crippen molar-refractivity contribution in [3.63, 3.8) is 0 Å². The highest BCUT2D eigenvalue weighted by atomic mass is 19.1. The van der Waals surface area contributed by atoms with E-state index in [4.69, 9.17) is 9.47 Å². The second-order valence-electron chi connectivity index (χ2n) is 6.32. The summed E-state index contributed by atoms with van der Waals surface area (Å²) in [6, 6.07) is 2.40. The van der Waals surface area contributed by atoms with Crippen LogP contribution in [0.1, 0.15) is 43.0 Å². The van der Waals surface area contributed by atoms with Gasteiger partial charge in [-0.1, -0.05) is 13.3 Å². The van der Waals surface area contributed by atoms with Gasteiger partial charge in [0.1, 0.15) is 12.5 Å². The highest BCUT2D eigenvalue weighted by Crippen LogP contribution is 2.40. The molecule has 2 unspecified atom stereocenters. The first-order valence-corrected chi connectivity index (χ1v) is 8.55. The van der Waals surface area contributed by atoms with E-state index in [0.717, 1.165) is 18.9 Å². The molecule has 0 saturated heterocycles. The van der Waals surface area contributed by atoms with E-state index in [2.05, 4.69) is 0 Å². The number of hydrogen-bond donors (Lipinski definition) is 0. The van der Waals surface area contributed by atoms with E-state index in [1.165, 1.54) is 13.2 Å². The average Bonchev–Trinajstić information content (AvgIpc) is 3.01. The topological polar surface area (TPSA) is 95.7 Å². The summed E-state index contributed by atoms with van der Waals surface area (Å²) in [4.78, 5) is 34.7. The Morgan fingerprint density at radius 3 is 2.69 bits per heavy atom. The van der Waals surface area contributed by atoms with Gasteiger partial charge in [-0.2, -0.15) is 0 Å². The molecule has 0 spiro atoms. The fourth-order valence-electron chi connectivity index (χ4n) is 3.15. The SMILES string of the molecule is CCCCOc1cc([N+](=O)[O-])c(C(=O)C2CC(F)C[C@H]2C=O)cc1OC. The molecule has 142 valence electrons. The van der Waals surface area contributed by atoms with Crippen LogP contribution in [0.3, 0.4) is 0 Å². The molecular formula is C18H22FNO6. The van der Waals surface area contributed by atoms with Gasteiger partial charge in [-0.3, -0.25) is 14.9 Å². The molecule has 26 heavy (non-hydrogen) atoms. The molecule has 1 aliphatic carbocycles. The van der Waals surface area contributed by atoms with Gasteiger partial charge in [-0.25, -0.2) is 4.39 Å². The highest BCUT2D eigenvalue weighted by Gasteiger charge is 2.41. The Balaban J connectivity index is 2.41. The summed E-state index contributed by atoms with van der Waals surface area (Å²) in [5, 5.41) is 11.5. The molecule has 1 aromatic carbocycles. The minimum absolute atomic E-state index is 0.0386. The van der Waals surface area contributed by atoms with Crippen LogP contribution >= 0.6 is 0 Å². The predicted molar refractivity (Wildman–Crippen MR) is 91.6 cm³/mol. The normalized spacial score (nSPS) is 22.0. The third kappa shape index (κ3) is 4.17. The van der Waals surface area contributed by atoms with Crippen molar-refractivity contribution in [3.8, 4) is 11.5 Å². The fourth-order valence-corrected chi connectivity index (χ4v) is 3.15. The average molecular weight is 367 g/mol. The molecule has 8 heteroatoms. The first-order chi connectivity index (χ1) is 12.4. The molecule has 7 nitrogen and oxygen atoms in total. The molecule has 1 fully saturated rings. The number of ketones is 1. The lowest BCUT2D eigenvalue weighted by Gasteiger charge is -2.15. The van der Waals surface area contributed by atoms with E-state index < -0.39 is 34.4 Å². The lowest BCUT2D eigenvalue weighted by molar-refractivity contribution is -0.385. The first-order valence-electron chi connectivity index (χ1n) is 8.55. The van der Waals surface area contributed by atoms with Gasteiger partial charge in [-0.05, 0) is 19.3 Å².